The molecular weight excluding hydrogens is 448 g/mol. The van der Waals surface area contributed by atoms with Gasteiger partial charge in [-0.05, 0) is 48.9 Å². The number of amides is 1. The summed E-state index contributed by atoms with van der Waals surface area (Å²) >= 11 is 1.61. The lowest BCUT2D eigenvalue weighted by Gasteiger charge is -2.29. The van der Waals surface area contributed by atoms with Crippen LogP contribution >= 0.6 is 11.3 Å². The van der Waals surface area contributed by atoms with Crippen LogP contribution in [0.4, 0.5) is 5.69 Å². The topological polar surface area (TPSA) is 60.9 Å². The normalized spacial score (nSPS) is 12.7. The number of hydrogen-bond donors (Lipinski definition) is 0. The van der Waals surface area contributed by atoms with E-state index in [1.165, 1.54) is 0 Å². The first-order valence-corrected chi connectivity index (χ1v) is 11.9. The summed E-state index contributed by atoms with van der Waals surface area (Å²) in [7, 11) is 1.63. The molecule has 0 bridgehead atoms. The van der Waals surface area contributed by atoms with Crippen molar-refractivity contribution in [2.24, 2.45) is 0 Å². The van der Waals surface area contributed by atoms with Crippen molar-refractivity contribution in [3.8, 4) is 39.1 Å². The lowest BCUT2D eigenvalue weighted by molar-refractivity contribution is -0.121. The number of carbonyl (C=O) groups excluding carboxylic acids is 1. The molecule has 0 radical (unpaired) electrons. The maximum Gasteiger partial charge on any atom is 0.265 e. The quantitative estimate of drug-likeness (QED) is 0.309. The average Bonchev–Trinajstić information content (AvgIpc) is 3.39. The standard InChI is InChI=1S/C27H24N2O4S/c1-31-21-9-11-22(12-10-21)32-15-5-14-29-24-16-20(8-13-25(24)33-17-26(29)30)23-18-34-27(28-23)19-6-3-2-4-7-19/h2-4,6-13,16,18H,5,14-15,17H2,1H3. The van der Waals surface area contributed by atoms with Crippen LogP contribution in [0, 0.1) is 0 Å². The highest BCUT2D eigenvalue weighted by atomic mass is 32.1. The van der Waals surface area contributed by atoms with E-state index >= 15 is 0 Å². The number of methoxy groups -OCH3 is 1. The maximum atomic E-state index is 12.7. The molecule has 0 saturated heterocycles. The molecule has 5 rings (SSSR count). The molecule has 0 aliphatic carbocycles. The van der Waals surface area contributed by atoms with Crippen molar-refractivity contribution >= 4 is 22.9 Å². The number of ether oxygens (including phenoxy) is 3. The van der Waals surface area contributed by atoms with Crippen molar-refractivity contribution in [3.05, 3.63) is 78.2 Å². The monoisotopic (exact) mass is 472 g/mol. The second-order valence-electron chi connectivity index (χ2n) is 7.80. The molecule has 172 valence electrons. The Morgan fingerprint density at radius 3 is 2.59 bits per heavy atom. The zero-order chi connectivity index (χ0) is 23.3. The van der Waals surface area contributed by atoms with E-state index in [4.69, 9.17) is 19.2 Å². The molecule has 7 heteroatoms. The third kappa shape index (κ3) is 4.75. The fraction of sp³-hybridized carbons (Fsp3) is 0.185. The van der Waals surface area contributed by atoms with Gasteiger partial charge in [0.15, 0.2) is 6.61 Å². The molecule has 0 N–H and O–H groups in total. The summed E-state index contributed by atoms with van der Waals surface area (Å²) in [4.78, 5) is 19.3. The Hall–Kier alpha value is -3.84. The van der Waals surface area contributed by atoms with Crippen molar-refractivity contribution in [1.82, 2.24) is 4.98 Å². The van der Waals surface area contributed by atoms with Crippen LogP contribution < -0.4 is 19.1 Å². The van der Waals surface area contributed by atoms with E-state index in [0.29, 0.717) is 25.3 Å². The molecule has 4 aromatic rings. The molecule has 0 saturated carbocycles. The molecule has 0 unspecified atom stereocenters. The van der Waals surface area contributed by atoms with Gasteiger partial charge in [0.25, 0.3) is 5.91 Å². The molecule has 3 aromatic carbocycles. The number of nitrogens with zero attached hydrogens (tertiary/aromatic N) is 2. The molecular formula is C27H24N2O4S. The van der Waals surface area contributed by atoms with Gasteiger partial charge in [-0.2, -0.15) is 0 Å². The molecule has 1 aliphatic rings. The van der Waals surface area contributed by atoms with E-state index in [2.05, 4.69) is 12.1 Å². The molecule has 6 nitrogen and oxygen atoms in total. The van der Waals surface area contributed by atoms with E-state index < -0.39 is 0 Å². The lowest BCUT2D eigenvalue weighted by Crippen LogP contribution is -2.39. The molecule has 0 spiro atoms. The van der Waals surface area contributed by atoms with Crippen molar-refractivity contribution < 1.29 is 19.0 Å². The van der Waals surface area contributed by atoms with Gasteiger partial charge < -0.3 is 19.1 Å². The Bertz CT molecular complexity index is 1270. The molecule has 1 aromatic heterocycles. The van der Waals surface area contributed by atoms with Crippen LogP contribution in [0.1, 0.15) is 6.42 Å². The van der Waals surface area contributed by atoms with E-state index in [0.717, 1.165) is 39.0 Å². The second-order valence-corrected chi connectivity index (χ2v) is 8.66. The first-order chi connectivity index (χ1) is 16.7. The Balaban J connectivity index is 1.29. The molecule has 1 amide bonds. The summed E-state index contributed by atoms with van der Waals surface area (Å²) in [6, 6.07) is 23.5. The van der Waals surface area contributed by atoms with E-state index in [1.807, 2.05) is 66.0 Å². The fourth-order valence-corrected chi connectivity index (χ4v) is 4.65. The summed E-state index contributed by atoms with van der Waals surface area (Å²) in [5.74, 6) is 2.21. The van der Waals surface area contributed by atoms with Gasteiger partial charge in [-0.15, -0.1) is 11.3 Å². The number of thiazole rings is 1. The highest BCUT2D eigenvalue weighted by Crippen LogP contribution is 2.37. The van der Waals surface area contributed by atoms with Gasteiger partial charge in [-0.3, -0.25) is 4.79 Å². The van der Waals surface area contributed by atoms with Gasteiger partial charge in [0, 0.05) is 23.1 Å². The molecule has 1 aliphatic heterocycles. The van der Waals surface area contributed by atoms with Gasteiger partial charge in [0.05, 0.1) is 25.1 Å². The fourth-order valence-electron chi connectivity index (χ4n) is 3.81. The maximum absolute atomic E-state index is 12.7. The Morgan fingerprint density at radius 1 is 1.00 bits per heavy atom. The number of rotatable bonds is 8. The molecule has 34 heavy (non-hydrogen) atoms. The molecule has 0 fully saturated rings. The summed E-state index contributed by atoms with van der Waals surface area (Å²) in [6.07, 6.45) is 0.691. The minimum absolute atomic E-state index is 0.0422. The van der Waals surface area contributed by atoms with Crippen LogP contribution in [0.5, 0.6) is 17.2 Å². The minimum Gasteiger partial charge on any atom is -0.497 e. The van der Waals surface area contributed by atoms with Gasteiger partial charge in [0.1, 0.15) is 22.3 Å². The predicted molar refractivity (Wildman–Crippen MR) is 134 cm³/mol. The van der Waals surface area contributed by atoms with Gasteiger partial charge >= 0.3 is 0 Å². The van der Waals surface area contributed by atoms with E-state index in [1.54, 1.807) is 23.3 Å². The van der Waals surface area contributed by atoms with Crippen LogP contribution in [0.2, 0.25) is 0 Å². The lowest BCUT2D eigenvalue weighted by atomic mass is 10.1. The Kier molecular flexibility index (Phi) is 6.44. The first kappa shape index (κ1) is 22.0. The average molecular weight is 473 g/mol. The largest absolute Gasteiger partial charge is 0.497 e. The summed E-state index contributed by atoms with van der Waals surface area (Å²) in [5, 5.41) is 3.01. The predicted octanol–water partition coefficient (Wildman–Crippen LogP) is 5.68. The number of carbonyl (C=O) groups is 1. The number of anilines is 1. The van der Waals surface area contributed by atoms with Crippen molar-refractivity contribution in [2.75, 3.05) is 31.8 Å². The second kappa shape index (κ2) is 9.97. The van der Waals surface area contributed by atoms with Crippen LogP contribution in [0.15, 0.2) is 78.2 Å². The van der Waals surface area contributed by atoms with Crippen molar-refractivity contribution in [2.45, 2.75) is 6.42 Å². The van der Waals surface area contributed by atoms with Crippen molar-refractivity contribution in [1.29, 1.82) is 0 Å². The Labute approximate surface area is 202 Å². The van der Waals surface area contributed by atoms with Crippen LogP contribution in [-0.2, 0) is 4.79 Å². The Morgan fingerprint density at radius 2 is 1.79 bits per heavy atom. The zero-order valence-electron chi connectivity index (χ0n) is 18.8. The number of aromatic nitrogens is 1. The highest BCUT2D eigenvalue weighted by molar-refractivity contribution is 7.13. The first-order valence-electron chi connectivity index (χ1n) is 11.1. The van der Waals surface area contributed by atoms with Gasteiger partial charge in [-0.25, -0.2) is 4.98 Å². The zero-order valence-corrected chi connectivity index (χ0v) is 19.6. The van der Waals surface area contributed by atoms with E-state index in [-0.39, 0.29) is 12.5 Å². The van der Waals surface area contributed by atoms with Gasteiger partial charge in [0.2, 0.25) is 0 Å². The third-order valence-electron chi connectivity index (χ3n) is 5.58. The summed E-state index contributed by atoms with van der Waals surface area (Å²) in [6.45, 7) is 1.08. The van der Waals surface area contributed by atoms with Crippen LogP contribution in [-0.4, -0.2) is 37.8 Å². The molecule has 2 heterocycles. The SMILES string of the molecule is COc1ccc(OCCCN2C(=O)COc3ccc(-c4csc(-c5ccccc5)n4)cc32)cc1. The van der Waals surface area contributed by atoms with Gasteiger partial charge in [-0.1, -0.05) is 30.3 Å². The number of benzene rings is 3. The third-order valence-corrected chi connectivity index (χ3v) is 6.47. The van der Waals surface area contributed by atoms with E-state index in [9.17, 15) is 4.79 Å². The summed E-state index contributed by atoms with van der Waals surface area (Å²) < 4.78 is 16.7. The van der Waals surface area contributed by atoms with Crippen molar-refractivity contribution in [3.63, 3.8) is 0 Å². The van der Waals surface area contributed by atoms with Crippen LogP contribution in [0.25, 0.3) is 21.8 Å². The number of fused-ring (bicyclic) bond motifs is 1. The summed E-state index contributed by atoms with van der Waals surface area (Å²) in [5.41, 5.74) is 3.70. The molecule has 0 atom stereocenters. The smallest absolute Gasteiger partial charge is 0.265 e. The highest BCUT2D eigenvalue weighted by Gasteiger charge is 2.26. The van der Waals surface area contributed by atoms with Crippen LogP contribution in [0.3, 0.4) is 0 Å². The number of hydrogen-bond acceptors (Lipinski definition) is 6. The minimum atomic E-state index is -0.0580.